The maximum Gasteiger partial charge on any atom is 0.254 e. The van der Waals surface area contributed by atoms with Crippen molar-refractivity contribution >= 4 is 5.91 Å². The van der Waals surface area contributed by atoms with E-state index in [-0.39, 0.29) is 5.91 Å². The van der Waals surface area contributed by atoms with Gasteiger partial charge in [0.15, 0.2) is 0 Å². The maximum atomic E-state index is 12.2. The molecule has 1 rings (SSSR count). The summed E-state index contributed by atoms with van der Waals surface area (Å²) in [6.45, 7) is 8.28. The molecule has 90 valence electrons. The van der Waals surface area contributed by atoms with Gasteiger partial charge in [-0.25, -0.2) is 0 Å². The molecule has 3 heteroatoms. The lowest BCUT2D eigenvalue weighted by Crippen LogP contribution is -2.31. The highest BCUT2D eigenvalue weighted by molar-refractivity contribution is 5.94. The van der Waals surface area contributed by atoms with Gasteiger partial charge in [-0.15, -0.1) is 13.2 Å². The summed E-state index contributed by atoms with van der Waals surface area (Å²) >= 11 is 0. The van der Waals surface area contributed by atoms with Gasteiger partial charge in [-0.05, 0) is 18.2 Å². The molecule has 1 amide bonds. The fourth-order valence-electron chi connectivity index (χ4n) is 1.49. The summed E-state index contributed by atoms with van der Waals surface area (Å²) in [6.07, 6.45) is 3.39. The van der Waals surface area contributed by atoms with E-state index in [4.69, 9.17) is 4.74 Å². The fourth-order valence-corrected chi connectivity index (χ4v) is 1.49. The van der Waals surface area contributed by atoms with Crippen LogP contribution in [0.4, 0.5) is 0 Å². The SMILES string of the molecule is C=CCN(CC=C)C(=O)c1cccc(OC)c1. The summed E-state index contributed by atoms with van der Waals surface area (Å²) < 4.78 is 5.09. The summed E-state index contributed by atoms with van der Waals surface area (Å²) in [6, 6.07) is 7.10. The van der Waals surface area contributed by atoms with Crippen molar-refractivity contribution in [3.05, 3.63) is 55.1 Å². The highest BCUT2D eigenvalue weighted by Crippen LogP contribution is 2.14. The molecule has 0 aliphatic heterocycles. The number of hydrogen-bond acceptors (Lipinski definition) is 2. The van der Waals surface area contributed by atoms with E-state index in [0.717, 1.165) is 0 Å². The minimum atomic E-state index is -0.0521. The Hall–Kier alpha value is -2.03. The van der Waals surface area contributed by atoms with E-state index in [0.29, 0.717) is 24.4 Å². The van der Waals surface area contributed by atoms with Gasteiger partial charge in [0.2, 0.25) is 0 Å². The fraction of sp³-hybridized carbons (Fsp3) is 0.214. The summed E-state index contributed by atoms with van der Waals surface area (Å²) in [5.74, 6) is 0.622. The van der Waals surface area contributed by atoms with Gasteiger partial charge in [-0.2, -0.15) is 0 Å². The highest BCUT2D eigenvalue weighted by Gasteiger charge is 2.13. The first-order valence-corrected chi connectivity index (χ1v) is 5.38. The minimum Gasteiger partial charge on any atom is -0.497 e. The van der Waals surface area contributed by atoms with Crippen LogP contribution in [0.3, 0.4) is 0 Å². The van der Waals surface area contributed by atoms with E-state index in [1.807, 2.05) is 6.07 Å². The zero-order valence-corrected chi connectivity index (χ0v) is 10.1. The van der Waals surface area contributed by atoms with Gasteiger partial charge in [-0.3, -0.25) is 4.79 Å². The molecule has 0 saturated carbocycles. The molecule has 0 radical (unpaired) electrons. The third-order valence-electron chi connectivity index (χ3n) is 2.30. The zero-order chi connectivity index (χ0) is 12.7. The normalized spacial score (nSPS) is 9.47. The second-order valence-electron chi connectivity index (χ2n) is 3.52. The Labute approximate surface area is 102 Å². The van der Waals surface area contributed by atoms with Crippen LogP contribution in [0.1, 0.15) is 10.4 Å². The molecule has 0 aliphatic rings. The third-order valence-corrected chi connectivity index (χ3v) is 2.30. The lowest BCUT2D eigenvalue weighted by atomic mass is 10.2. The van der Waals surface area contributed by atoms with Gasteiger partial charge < -0.3 is 9.64 Å². The van der Waals surface area contributed by atoms with E-state index in [1.54, 1.807) is 42.4 Å². The standard InChI is InChI=1S/C14H17NO2/c1-4-9-15(10-5-2)14(16)12-7-6-8-13(11-12)17-3/h4-8,11H,1-2,9-10H2,3H3. The van der Waals surface area contributed by atoms with Crippen molar-refractivity contribution in [3.63, 3.8) is 0 Å². The van der Waals surface area contributed by atoms with Gasteiger partial charge in [0.25, 0.3) is 5.91 Å². The molecule has 0 saturated heterocycles. The average Bonchev–Trinajstić information content (AvgIpc) is 2.38. The highest BCUT2D eigenvalue weighted by atomic mass is 16.5. The van der Waals surface area contributed by atoms with Crippen LogP contribution in [0.5, 0.6) is 5.75 Å². The molecule has 0 atom stereocenters. The van der Waals surface area contributed by atoms with Crippen LogP contribution in [0.25, 0.3) is 0 Å². The van der Waals surface area contributed by atoms with Crippen molar-refractivity contribution in [1.82, 2.24) is 4.90 Å². The van der Waals surface area contributed by atoms with E-state index < -0.39 is 0 Å². The first kappa shape index (κ1) is 13.0. The van der Waals surface area contributed by atoms with Crippen LogP contribution in [0, 0.1) is 0 Å². The number of hydrogen-bond donors (Lipinski definition) is 0. The van der Waals surface area contributed by atoms with Crippen molar-refractivity contribution in [3.8, 4) is 5.75 Å². The molecule has 0 unspecified atom stereocenters. The van der Waals surface area contributed by atoms with Crippen LogP contribution in [-0.2, 0) is 0 Å². The number of carbonyl (C=O) groups is 1. The quantitative estimate of drug-likeness (QED) is 0.704. The van der Waals surface area contributed by atoms with Crippen LogP contribution >= 0.6 is 0 Å². The van der Waals surface area contributed by atoms with Crippen LogP contribution in [0.15, 0.2) is 49.6 Å². The molecule has 17 heavy (non-hydrogen) atoms. The Balaban J connectivity index is 2.91. The molecule has 0 fully saturated rings. The first-order valence-electron chi connectivity index (χ1n) is 5.38. The molecule has 0 heterocycles. The average molecular weight is 231 g/mol. The van der Waals surface area contributed by atoms with E-state index in [9.17, 15) is 4.79 Å². The predicted molar refractivity (Wildman–Crippen MR) is 69.3 cm³/mol. The molecule has 3 nitrogen and oxygen atoms in total. The van der Waals surface area contributed by atoms with Crippen LogP contribution < -0.4 is 4.74 Å². The number of methoxy groups -OCH3 is 1. The van der Waals surface area contributed by atoms with Crippen LogP contribution in [-0.4, -0.2) is 31.0 Å². The Bertz CT molecular complexity index is 402. The Morgan fingerprint density at radius 1 is 1.35 bits per heavy atom. The number of carbonyl (C=O) groups excluding carboxylic acids is 1. The Kier molecular flexibility index (Phi) is 5.01. The monoisotopic (exact) mass is 231 g/mol. The lowest BCUT2D eigenvalue weighted by Gasteiger charge is -2.19. The smallest absolute Gasteiger partial charge is 0.254 e. The van der Waals surface area contributed by atoms with Gasteiger partial charge in [0, 0.05) is 18.7 Å². The van der Waals surface area contributed by atoms with Crippen LogP contribution in [0.2, 0.25) is 0 Å². The summed E-state index contributed by atoms with van der Waals surface area (Å²) in [4.78, 5) is 13.8. The first-order chi connectivity index (χ1) is 8.22. The van der Waals surface area contributed by atoms with Gasteiger partial charge >= 0.3 is 0 Å². The lowest BCUT2D eigenvalue weighted by molar-refractivity contribution is 0.0790. The Morgan fingerprint density at radius 2 is 2.00 bits per heavy atom. The van der Waals surface area contributed by atoms with Crippen molar-refractivity contribution < 1.29 is 9.53 Å². The van der Waals surface area contributed by atoms with E-state index >= 15 is 0 Å². The number of ether oxygens (including phenoxy) is 1. The number of benzene rings is 1. The largest absolute Gasteiger partial charge is 0.497 e. The maximum absolute atomic E-state index is 12.2. The Morgan fingerprint density at radius 3 is 2.53 bits per heavy atom. The molecule has 0 N–H and O–H groups in total. The summed E-state index contributed by atoms with van der Waals surface area (Å²) in [5, 5.41) is 0. The zero-order valence-electron chi connectivity index (χ0n) is 10.1. The number of nitrogens with zero attached hydrogens (tertiary/aromatic N) is 1. The molecule has 0 spiro atoms. The molecule has 0 aliphatic carbocycles. The van der Waals surface area contributed by atoms with Gasteiger partial charge in [0.05, 0.1) is 7.11 Å². The van der Waals surface area contributed by atoms with Crippen molar-refractivity contribution in [1.29, 1.82) is 0 Å². The van der Waals surface area contributed by atoms with Crippen molar-refractivity contribution in [2.24, 2.45) is 0 Å². The third kappa shape index (κ3) is 3.48. The molecule has 0 aromatic heterocycles. The molecule has 1 aromatic carbocycles. The van der Waals surface area contributed by atoms with Gasteiger partial charge in [0.1, 0.15) is 5.75 Å². The topological polar surface area (TPSA) is 29.5 Å². The molecular weight excluding hydrogens is 214 g/mol. The second kappa shape index (κ2) is 6.53. The molecule has 1 aromatic rings. The van der Waals surface area contributed by atoms with E-state index in [2.05, 4.69) is 13.2 Å². The molecule has 0 bridgehead atoms. The van der Waals surface area contributed by atoms with Crippen molar-refractivity contribution in [2.75, 3.05) is 20.2 Å². The van der Waals surface area contributed by atoms with Crippen molar-refractivity contribution in [2.45, 2.75) is 0 Å². The van der Waals surface area contributed by atoms with Gasteiger partial charge in [-0.1, -0.05) is 18.2 Å². The molecular formula is C14H17NO2. The summed E-state index contributed by atoms with van der Waals surface area (Å²) in [7, 11) is 1.58. The van der Waals surface area contributed by atoms with E-state index in [1.165, 1.54) is 0 Å². The number of amides is 1. The second-order valence-corrected chi connectivity index (χ2v) is 3.52. The predicted octanol–water partition coefficient (Wildman–Crippen LogP) is 2.51. The number of rotatable bonds is 6. The summed E-state index contributed by atoms with van der Waals surface area (Å²) in [5.41, 5.74) is 0.605. The minimum absolute atomic E-state index is 0.0521.